The molecule has 0 aliphatic rings. The highest BCUT2D eigenvalue weighted by atomic mass is 19.4. The third kappa shape index (κ3) is 3.84. The minimum atomic E-state index is -4.37. The molecule has 20 heavy (non-hydrogen) atoms. The molecule has 0 bridgehead atoms. The first-order chi connectivity index (χ1) is 9.46. The van der Waals surface area contributed by atoms with Crippen LogP contribution in [0.5, 0.6) is 0 Å². The molecular formula is C11H12F3N5O. The van der Waals surface area contributed by atoms with Crippen molar-refractivity contribution in [2.45, 2.75) is 19.1 Å². The molecule has 0 saturated heterocycles. The van der Waals surface area contributed by atoms with Crippen molar-refractivity contribution in [1.82, 2.24) is 25.1 Å². The molecule has 0 fully saturated rings. The van der Waals surface area contributed by atoms with Gasteiger partial charge in [-0.05, 0) is 12.1 Å². The van der Waals surface area contributed by atoms with Crippen LogP contribution in [-0.2, 0) is 13.0 Å². The summed E-state index contributed by atoms with van der Waals surface area (Å²) in [7, 11) is 0. The summed E-state index contributed by atoms with van der Waals surface area (Å²) >= 11 is 0. The van der Waals surface area contributed by atoms with Gasteiger partial charge in [0, 0.05) is 19.2 Å². The highest BCUT2D eigenvalue weighted by Crippen LogP contribution is 2.18. The Morgan fingerprint density at radius 3 is 2.90 bits per heavy atom. The number of alkyl halides is 3. The van der Waals surface area contributed by atoms with E-state index < -0.39 is 18.6 Å². The number of aromatic amines is 1. The zero-order chi connectivity index (χ0) is 14.6. The Bertz CT molecular complexity index is 561. The predicted molar refractivity (Wildman–Crippen MR) is 62.9 cm³/mol. The van der Waals surface area contributed by atoms with E-state index in [-0.39, 0.29) is 12.2 Å². The van der Waals surface area contributed by atoms with E-state index in [1.54, 1.807) is 0 Å². The zero-order valence-corrected chi connectivity index (χ0v) is 10.3. The molecule has 0 radical (unpaired) electrons. The number of carbonyl (C=O) groups is 1. The number of hydrogen-bond donors (Lipinski definition) is 2. The second-order valence-electron chi connectivity index (χ2n) is 4.07. The molecular weight excluding hydrogens is 275 g/mol. The van der Waals surface area contributed by atoms with Crippen molar-refractivity contribution >= 4 is 5.91 Å². The van der Waals surface area contributed by atoms with Crippen molar-refractivity contribution in [1.29, 1.82) is 0 Å². The Kier molecular flexibility index (Phi) is 4.06. The van der Waals surface area contributed by atoms with Crippen LogP contribution in [0, 0.1) is 0 Å². The number of nitrogens with zero attached hydrogens (tertiary/aromatic N) is 3. The van der Waals surface area contributed by atoms with Crippen LogP contribution >= 0.6 is 0 Å². The SMILES string of the molecule is O=C(NCCc1ncn[nH]1)c1cccn1CC(F)(F)F. The molecule has 2 rings (SSSR count). The zero-order valence-electron chi connectivity index (χ0n) is 10.3. The van der Waals surface area contributed by atoms with Gasteiger partial charge >= 0.3 is 6.18 Å². The summed E-state index contributed by atoms with van der Waals surface area (Å²) in [5, 5.41) is 8.80. The number of carbonyl (C=O) groups excluding carboxylic acids is 1. The first kappa shape index (κ1) is 14.1. The number of H-pyrrole nitrogens is 1. The molecule has 1 amide bonds. The summed E-state index contributed by atoms with van der Waals surface area (Å²) in [5.74, 6) is 0.0368. The highest BCUT2D eigenvalue weighted by molar-refractivity contribution is 5.92. The maximum absolute atomic E-state index is 12.3. The minimum absolute atomic E-state index is 0.0279. The third-order valence-electron chi connectivity index (χ3n) is 2.52. The van der Waals surface area contributed by atoms with E-state index in [0.29, 0.717) is 12.2 Å². The Hall–Kier alpha value is -2.32. The largest absolute Gasteiger partial charge is 0.406 e. The lowest BCUT2D eigenvalue weighted by molar-refractivity contribution is -0.140. The van der Waals surface area contributed by atoms with Gasteiger partial charge in [-0.2, -0.15) is 18.3 Å². The van der Waals surface area contributed by atoms with Crippen LogP contribution in [0.4, 0.5) is 13.2 Å². The van der Waals surface area contributed by atoms with Crippen LogP contribution in [0.3, 0.4) is 0 Å². The third-order valence-corrected chi connectivity index (χ3v) is 2.52. The minimum Gasteiger partial charge on any atom is -0.350 e. The second kappa shape index (κ2) is 5.76. The van der Waals surface area contributed by atoms with E-state index in [1.807, 2.05) is 0 Å². The molecule has 0 aliphatic carbocycles. The van der Waals surface area contributed by atoms with Crippen LogP contribution < -0.4 is 5.32 Å². The molecule has 0 unspecified atom stereocenters. The van der Waals surface area contributed by atoms with E-state index in [1.165, 1.54) is 24.7 Å². The Morgan fingerprint density at radius 1 is 1.45 bits per heavy atom. The topological polar surface area (TPSA) is 75.6 Å². The van der Waals surface area contributed by atoms with Crippen molar-refractivity contribution in [2.24, 2.45) is 0 Å². The molecule has 2 heterocycles. The maximum Gasteiger partial charge on any atom is 0.406 e. The molecule has 0 aromatic carbocycles. The smallest absolute Gasteiger partial charge is 0.350 e. The van der Waals surface area contributed by atoms with Crippen LogP contribution in [0.25, 0.3) is 0 Å². The lowest BCUT2D eigenvalue weighted by Crippen LogP contribution is -2.29. The molecule has 2 aromatic heterocycles. The maximum atomic E-state index is 12.3. The van der Waals surface area contributed by atoms with Crippen LogP contribution in [0.2, 0.25) is 0 Å². The van der Waals surface area contributed by atoms with E-state index in [4.69, 9.17) is 0 Å². The summed E-state index contributed by atoms with van der Waals surface area (Å²) < 4.78 is 37.8. The van der Waals surface area contributed by atoms with Crippen molar-refractivity contribution in [3.8, 4) is 0 Å². The van der Waals surface area contributed by atoms with Gasteiger partial charge in [0.05, 0.1) is 0 Å². The van der Waals surface area contributed by atoms with Gasteiger partial charge in [0.1, 0.15) is 24.4 Å². The lowest BCUT2D eigenvalue weighted by Gasteiger charge is -2.11. The van der Waals surface area contributed by atoms with E-state index in [0.717, 1.165) is 4.57 Å². The fourth-order valence-electron chi connectivity index (χ4n) is 1.69. The standard InChI is InChI=1S/C11H12F3N5O/c12-11(13,14)6-19-5-1-2-8(19)10(20)15-4-3-9-16-7-17-18-9/h1-2,5,7H,3-4,6H2,(H,15,20)(H,16,17,18). The van der Waals surface area contributed by atoms with Gasteiger partial charge in [0.25, 0.3) is 5.91 Å². The van der Waals surface area contributed by atoms with Gasteiger partial charge < -0.3 is 9.88 Å². The number of halogens is 3. The average Bonchev–Trinajstić information content (AvgIpc) is 2.98. The molecule has 0 atom stereocenters. The first-order valence-corrected chi connectivity index (χ1v) is 5.80. The molecule has 0 spiro atoms. The predicted octanol–water partition coefficient (Wildman–Crippen LogP) is 1.14. The number of aromatic nitrogens is 4. The average molecular weight is 287 g/mol. The van der Waals surface area contributed by atoms with Crippen molar-refractivity contribution in [3.63, 3.8) is 0 Å². The van der Waals surface area contributed by atoms with Gasteiger partial charge in [-0.3, -0.25) is 9.89 Å². The van der Waals surface area contributed by atoms with Crippen LogP contribution in [0.15, 0.2) is 24.7 Å². The van der Waals surface area contributed by atoms with Crippen molar-refractivity contribution in [3.05, 3.63) is 36.2 Å². The van der Waals surface area contributed by atoms with Gasteiger partial charge in [0.2, 0.25) is 0 Å². The first-order valence-electron chi connectivity index (χ1n) is 5.80. The Labute approximate surface area is 112 Å². The quantitative estimate of drug-likeness (QED) is 0.866. The number of amides is 1. The molecule has 6 nitrogen and oxygen atoms in total. The van der Waals surface area contributed by atoms with Gasteiger partial charge in [-0.15, -0.1) is 0 Å². The van der Waals surface area contributed by atoms with E-state index >= 15 is 0 Å². The van der Waals surface area contributed by atoms with Gasteiger partial charge in [-0.25, -0.2) is 4.98 Å². The molecule has 108 valence electrons. The summed E-state index contributed by atoms with van der Waals surface area (Å²) in [6, 6.07) is 2.74. The van der Waals surface area contributed by atoms with E-state index in [9.17, 15) is 18.0 Å². The Morgan fingerprint density at radius 2 is 2.25 bits per heavy atom. The number of nitrogens with one attached hydrogen (secondary N) is 2. The fraction of sp³-hybridized carbons (Fsp3) is 0.364. The van der Waals surface area contributed by atoms with Gasteiger partial charge in [-0.1, -0.05) is 0 Å². The number of hydrogen-bond acceptors (Lipinski definition) is 3. The van der Waals surface area contributed by atoms with Crippen LogP contribution in [-0.4, -0.2) is 38.4 Å². The van der Waals surface area contributed by atoms with Crippen molar-refractivity contribution in [2.75, 3.05) is 6.54 Å². The Balaban J connectivity index is 1.91. The summed E-state index contributed by atoms with van der Waals surface area (Å²) in [5.41, 5.74) is -0.0279. The van der Waals surface area contributed by atoms with Gasteiger partial charge in [0.15, 0.2) is 0 Å². The molecule has 2 N–H and O–H groups in total. The second-order valence-corrected chi connectivity index (χ2v) is 4.07. The fourth-order valence-corrected chi connectivity index (χ4v) is 1.69. The molecule has 0 saturated carbocycles. The molecule has 2 aromatic rings. The lowest BCUT2D eigenvalue weighted by atomic mass is 10.3. The summed E-state index contributed by atoms with van der Waals surface area (Å²) in [6.07, 6.45) is -1.38. The summed E-state index contributed by atoms with van der Waals surface area (Å²) in [6.45, 7) is -0.934. The monoisotopic (exact) mass is 287 g/mol. The molecule has 0 aliphatic heterocycles. The number of rotatable bonds is 5. The van der Waals surface area contributed by atoms with Crippen molar-refractivity contribution < 1.29 is 18.0 Å². The summed E-state index contributed by atoms with van der Waals surface area (Å²) in [4.78, 5) is 15.7. The van der Waals surface area contributed by atoms with Crippen LogP contribution in [0.1, 0.15) is 16.3 Å². The highest BCUT2D eigenvalue weighted by Gasteiger charge is 2.29. The normalized spacial score (nSPS) is 11.6. The molecule has 9 heteroatoms. The van der Waals surface area contributed by atoms with E-state index in [2.05, 4.69) is 20.5 Å².